The van der Waals surface area contributed by atoms with Crippen LogP contribution in [0.2, 0.25) is 0 Å². The van der Waals surface area contributed by atoms with E-state index in [0.29, 0.717) is 24.8 Å². The summed E-state index contributed by atoms with van der Waals surface area (Å²) in [4.78, 5) is 0. The Morgan fingerprint density at radius 2 is 2.04 bits per heavy atom. The number of halogens is 1. The van der Waals surface area contributed by atoms with E-state index in [1.54, 1.807) is 22.9 Å². The van der Waals surface area contributed by atoms with Gasteiger partial charge in [-0.1, -0.05) is 24.3 Å². The highest BCUT2D eigenvalue weighted by molar-refractivity contribution is 5.86. The van der Waals surface area contributed by atoms with Crippen LogP contribution in [-0.4, -0.2) is 42.2 Å². The molecule has 124 valence electrons. The van der Waals surface area contributed by atoms with Crippen molar-refractivity contribution in [3.63, 3.8) is 0 Å². The maximum atomic E-state index is 14.2. The summed E-state index contributed by atoms with van der Waals surface area (Å²) >= 11 is 0. The molecule has 0 radical (unpaired) electrons. The molecule has 0 unspecified atom stereocenters. The molecule has 1 atom stereocenters. The van der Waals surface area contributed by atoms with Gasteiger partial charge in [0.05, 0.1) is 17.5 Å². The first kappa shape index (κ1) is 15.1. The summed E-state index contributed by atoms with van der Waals surface area (Å²) in [7, 11) is 0. The van der Waals surface area contributed by atoms with Gasteiger partial charge in [-0.15, -0.1) is 5.10 Å². The standard InChI is InChI=1S/C18H18FN3O2/c19-15-6-2-4-8-17(15)22-16-7-3-1-5-14(16)18(21-22)24-12-13-11-20-9-10-23-13/h1-8,13,20H,9-12H2/t13-/m0/s1. The zero-order chi connectivity index (χ0) is 16.4. The van der Waals surface area contributed by atoms with Crippen LogP contribution >= 0.6 is 0 Å². The van der Waals surface area contributed by atoms with Crippen LogP contribution in [-0.2, 0) is 4.74 Å². The van der Waals surface area contributed by atoms with E-state index in [4.69, 9.17) is 9.47 Å². The number of rotatable bonds is 4. The normalized spacial score (nSPS) is 18.0. The maximum absolute atomic E-state index is 14.2. The zero-order valence-corrected chi connectivity index (χ0v) is 13.1. The largest absolute Gasteiger partial charge is 0.473 e. The third-order valence-electron chi connectivity index (χ3n) is 4.04. The number of benzene rings is 2. The third-order valence-corrected chi connectivity index (χ3v) is 4.04. The molecule has 1 fully saturated rings. The smallest absolute Gasteiger partial charge is 0.241 e. The van der Waals surface area contributed by atoms with Crippen molar-refractivity contribution in [3.05, 3.63) is 54.3 Å². The lowest BCUT2D eigenvalue weighted by atomic mass is 10.2. The van der Waals surface area contributed by atoms with Crippen LogP contribution in [0.25, 0.3) is 16.6 Å². The Morgan fingerprint density at radius 1 is 1.21 bits per heavy atom. The van der Waals surface area contributed by atoms with Crippen LogP contribution < -0.4 is 10.1 Å². The molecule has 0 saturated carbocycles. The highest BCUT2D eigenvalue weighted by atomic mass is 19.1. The monoisotopic (exact) mass is 327 g/mol. The predicted molar refractivity (Wildman–Crippen MR) is 89.1 cm³/mol. The Bertz CT molecular complexity index is 843. The molecule has 2 aromatic carbocycles. The minimum atomic E-state index is -0.322. The molecular weight excluding hydrogens is 309 g/mol. The molecule has 5 nitrogen and oxygen atoms in total. The first-order valence-corrected chi connectivity index (χ1v) is 8.01. The minimum Gasteiger partial charge on any atom is -0.473 e. The fourth-order valence-electron chi connectivity index (χ4n) is 2.85. The summed E-state index contributed by atoms with van der Waals surface area (Å²) < 4.78 is 27.3. The van der Waals surface area contributed by atoms with Gasteiger partial charge in [-0.3, -0.25) is 0 Å². The van der Waals surface area contributed by atoms with Crippen molar-refractivity contribution in [3.8, 4) is 11.6 Å². The maximum Gasteiger partial charge on any atom is 0.241 e. The molecule has 24 heavy (non-hydrogen) atoms. The fourth-order valence-corrected chi connectivity index (χ4v) is 2.85. The van der Waals surface area contributed by atoms with Crippen LogP contribution in [0, 0.1) is 5.82 Å². The van der Waals surface area contributed by atoms with Gasteiger partial charge in [-0.25, -0.2) is 9.07 Å². The SMILES string of the molecule is Fc1ccccc1-n1nc(OC[C@@H]2CNCCO2)c2ccccc21. The van der Waals surface area contributed by atoms with Crippen molar-refractivity contribution in [1.29, 1.82) is 0 Å². The van der Waals surface area contributed by atoms with Gasteiger partial charge in [-0.05, 0) is 24.3 Å². The van der Waals surface area contributed by atoms with Gasteiger partial charge in [-0.2, -0.15) is 0 Å². The Balaban J connectivity index is 1.67. The lowest BCUT2D eigenvalue weighted by molar-refractivity contribution is -0.000507. The summed E-state index contributed by atoms with van der Waals surface area (Å²) in [6, 6.07) is 14.2. The molecule has 1 aromatic heterocycles. The van der Waals surface area contributed by atoms with Gasteiger partial charge < -0.3 is 14.8 Å². The number of aromatic nitrogens is 2. The first-order chi connectivity index (χ1) is 11.8. The van der Waals surface area contributed by atoms with Crippen LogP contribution in [0.1, 0.15) is 0 Å². The summed E-state index contributed by atoms with van der Waals surface area (Å²) in [6.07, 6.45) is -0.00359. The molecule has 2 heterocycles. The van der Waals surface area contributed by atoms with Crippen molar-refractivity contribution in [2.75, 3.05) is 26.3 Å². The van der Waals surface area contributed by atoms with Crippen LogP contribution in [0.4, 0.5) is 4.39 Å². The molecule has 0 spiro atoms. The Kier molecular flexibility index (Phi) is 4.15. The van der Waals surface area contributed by atoms with Crippen LogP contribution in [0.5, 0.6) is 5.88 Å². The molecule has 0 aliphatic carbocycles. The number of nitrogens with one attached hydrogen (secondary N) is 1. The molecule has 1 aliphatic rings. The molecular formula is C18H18FN3O2. The molecule has 1 aliphatic heterocycles. The van der Waals surface area contributed by atoms with E-state index < -0.39 is 0 Å². The van der Waals surface area contributed by atoms with Gasteiger partial charge >= 0.3 is 0 Å². The second kappa shape index (κ2) is 6.59. The van der Waals surface area contributed by atoms with E-state index in [0.717, 1.165) is 24.0 Å². The lowest BCUT2D eigenvalue weighted by Crippen LogP contribution is -2.41. The first-order valence-electron chi connectivity index (χ1n) is 8.01. The molecule has 3 aromatic rings. The third kappa shape index (κ3) is 2.86. The van der Waals surface area contributed by atoms with Gasteiger partial charge in [0.15, 0.2) is 0 Å². The number of hydrogen-bond donors (Lipinski definition) is 1. The Labute approximate surface area is 139 Å². The molecule has 1 saturated heterocycles. The van der Waals surface area contributed by atoms with Crippen molar-refractivity contribution in [2.24, 2.45) is 0 Å². The van der Waals surface area contributed by atoms with Crippen molar-refractivity contribution >= 4 is 10.9 Å². The van der Waals surface area contributed by atoms with Crippen LogP contribution in [0.15, 0.2) is 48.5 Å². The molecule has 4 rings (SSSR count). The second-order valence-electron chi connectivity index (χ2n) is 5.69. The van der Waals surface area contributed by atoms with E-state index in [2.05, 4.69) is 10.4 Å². The van der Waals surface area contributed by atoms with Crippen LogP contribution in [0.3, 0.4) is 0 Å². The number of nitrogens with zero attached hydrogens (tertiary/aromatic N) is 2. The topological polar surface area (TPSA) is 48.3 Å². The number of morpholine rings is 1. The average molecular weight is 327 g/mol. The summed E-state index contributed by atoms with van der Waals surface area (Å²) in [6.45, 7) is 2.71. The molecule has 6 heteroatoms. The quantitative estimate of drug-likeness (QED) is 0.800. The van der Waals surface area contributed by atoms with Gasteiger partial charge in [0.1, 0.15) is 24.2 Å². The number of hydrogen-bond acceptors (Lipinski definition) is 4. The van der Waals surface area contributed by atoms with E-state index in [-0.39, 0.29) is 11.9 Å². The number of fused-ring (bicyclic) bond motifs is 1. The van der Waals surface area contributed by atoms with Gasteiger partial charge in [0.25, 0.3) is 0 Å². The van der Waals surface area contributed by atoms with E-state index in [1.807, 2.05) is 24.3 Å². The average Bonchev–Trinajstić information content (AvgIpc) is 3.00. The number of ether oxygens (including phenoxy) is 2. The molecule has 1 N–H and O–H groups in total. The van der Waals surface area contributed by atoms with Gasteiger partial charge in [0, 0.05) is 13.1 Å². The van der Waals surface area contributed by atoms with E-state index >= 15 is 0 Å². The highest BCUT2D eigenvalue weighted by Crippen LogP contribution is 2.28. The van der Waals surface area contributed by atoms with Gasteiger partial charge in [0.2, 0.25) is 5.88 Å². The van der Waals surface area contributed by atoms with Crippen molar-refractivity contribution in [1.82, 2.24) is 15.1 Å². The van der Waals surface area contributed by atoms with E-state index in [9.17, 15) is 4.39 Å². The van der Waals surface area contributed by atoms with E-state index in [1.165, 1.54) is 6.07 Å². The molecule has 0 amide bonds. The highest BCUT2D eigenvalue weighted by Gasteiger charge is 2.18. The summed E-state index contributed by atoms with van der Waals surface area (Å²) in [5.74, 6) is 0.167. The minimum absolute atomic E-state index is 0.00359. The second-order valence-corrected chi connectivity index (χ2v) is 5.69. The summed E-state index contributed by atoms with van der Waals surface area (Å²) in [5, 5.41) is 8.60. The summed E-state index contributed by atoms with van der Waals surface area (Å²) in [5.41, 5.74) is 1.21. The van der Waals surface area contributed by atoms with Crippen molar-refractivity contribution in [2.45, 2.75) is 6.10 Å². The predicted octanol–water partition coefficient (Wildman–Crippen LogP) is 2.53. The Hall–Kier alpha value is -2.44. The lowest BCUT2D eigenvalue weighted by Gasteiger charge is -2.23. The zero-order valence-electron chi connectivity index (χ0n) is 13.1. The fraction of sp³-hybridized carbons (Fsp3) is 0.278. The number of para-hydroxylation sites is 2. The molecule has 0 bridgehead atoms. The van der Waals surface area contributed by atoms with Crippen molar-refractivity contribution < 1.29 is 13.9 Å². The Morgan fingerprint density at radius 3 is 2.88 bits per heavy atom.